The van der Waals surface area contributed by atoms with Gasteiger partial charge in [-0.3, -0.25) is 14.5 Å². The van der Waals surface area contributed by atoms with Crippen LogP contribution in [0, 0.1) is 5.82 Å². The summed E-state index contributed by atoms with van der Waals surface area (Å²) in [5.74, 6) is -0.740. The van der Waals surface area contributed by atoms with Crippen LogP contribution in [0.3, 0.4) is 0 Å². The van der Waals surface area contributed by atoms with Crippen LogP contribution in [0.5, 0.6) is 0 Å². The number of carbonyl (C=O) groups is 2. The SMILES string of the molecule is CC(=O)N(CCN1CCOCC1)CC(=O)N1N=C(c2cccn2C)C[C@@H]1c1ccc(F)cc1. The number of carbonyl (C=O) groups excluding carboxylic acids is 2. The zero-order valence-electron chi connectivity index (χ0n) is 19.1. The van der Waals surface area contributed by atoms with Crippen LogP contribution in [-0.2, 0) is 21.4 Å². The topological polar surface area (TPSA) is 70.4 Å². The van der Waals surface area contributed by atoms with E-state index >= 15 is 0 Å². The third-order valence-corrected chi connectivity index (χ3v) is 6.22. The van der Waals surface area contributed by atoms with Gasteiger partial charge in [-0.2, -0.15) is 5.10 Å². The van der Waals surface area contributed by atoms with Gasteiger partial charge >= 0.3 is 0 Å². The average molecular weight is 456 g/mol. The molecule has 176 valence electrons. The van der Waals surface area contributed by atoms with Crippen molar-refractivity contribution in [1.82, 2.24) is 19.4 Å². The van der Waals surface area contributed by atoms with E-state index in [9.17, 15) is 14.0 Å². The molecule has 0 spiro atoms. The molecule has 4 rings (SSSR count). The van der Waals surface area contributed by atoms with Crippen LogP contribution in [0.25, 0.3) is 0 Å². The molecule has 2 amide bonds. The Bertz CT molecular complexity index is 1010. The number of hydrogen-bond donors (Lipinski definition) is 0. The van der Waals surface area contributed by atoms with Crippen LogP contribution in [0.15, 0.2) is 47.7 Å². The summed E-state index contributed by atoms with van der Waals surface area (Å²) in [6, 6.07) is 9.69. The van der Waals surface area contributed by atoms with Crippen molar-refractivity contribution in [2.45, 2.75) is 19.4 Å². The molecule has 9 heteroatoms. The normalized spacial score (nSPS) is 18.9. The van der Waals surface area contributed by atoms with Gasteiger partial charge in [-0.25, -0.2) is 9.40 Å². The van der Waals surface area contributed by atoms with Gasteiger partial charge in [0.15, 0.2) is 0 Å². The molecule has 0 unspecified atom stereocenters. The summed E-state index contributed by atoms with van der Waals surface area (Å²) < 4.78 is 20.8. The molecule has 0 bridgehead atoms. The monoisotopic (exact) mass is 455 g/mol. The summed E-state index contributed by atoms with van der Waals surface area (Å²) in [7, 11) is 1.93. The summed E-state index contributed by atoms with van der Waals surface area (Å²) in [6.07, 6.45) is 2.45. The Kier molecular flexibility index (Phi) is 7.20. The van der Waals surface area contributed by atoms with E-state index in [1.54, 1.807) is 17.0 Å². The lowest BCUT2D eigenvalue weighted by Gasteiger charge is -2.30. The minimum atomic E-state index is -0.351. The summed E-state index contributed by atoms with van der Waals surface area (Å²) in [6.45, 7) is 5.59. The Morgan fingerprint density at radius 3 is 2.55 bits per heavy atom. The lowest BCUT2D eigenvalue weighted by Crippen LogP contribution is -2.45. The summed E-state index contributed by atoms with van der Waals surface area (Å²) >= 11 is 0. The van der Waals surface area contributed by atoms with Gasteiger partial charge in [0.25, 0.3) is 5.91 Å². The summed E-state index contributed by atoms with van der Waals surface area (Å²) in [4.78, 5) is 29.4. The van der Waals surface area contributed by atoms with Gasteiger partial charge in [0.1, 0.15) is 12.4 Å². The maximum atomic E-state index is 13.5. The third kappa shape index (κ3) is 5.48. The number of benzene rings is 1. The molecule has 1 saturated heterocycles. The molecule has 1 atom stereocenters. The number of ether oxygens (including phenoxy) is 1. The molecule has 0 saturated carbocycles. The van der Waals surface area contributed by atoms with Crippen molar-refractivity contribution in [2.24, 2.45) is 12.1 Å². The quantitative estimate of drug-likeness (QED) is 0.641. The standard InChI is InChI=1S/C24H30FN5O3/c1-18(31)29(11-10-28-12-14-33-15-13-28)17-24(32)30-23(19-5-7-20(25)8-6-19)16-21(26-30)22-4-3-9-27(22)2/h3-9,23H,10-17H2,1-2H3/t23-/m1/s1. The highest BCUT2D eigenvalue weighted by molar-refractivity contribution is 6.02. The molecule has 2 aliphatic rings. The number of aryl methyl sites for hydroxylation is 1. The number of aromatic nitrogens is 1. The minimum Gasteiger partial charge on any atom is -0.379 e. The van der Waals surface area contributed by atoms with E-state index < -0.39 is 0 Å². The van der Waals surface area contributed by atoms with Gasteiger partial charge in [0.2, 0.25) is 5.91 Å². The molecule has 0 radical (unpaired) electrons. The molecule has 1 fully saturated rings. The predicted octanol–water partition coefficient (Wildman–Crippen LogP) is 2.02. The van der Waals surface area contributed by atoms with Crippen LogP contribution in [0.4, 0.5) is 4.39 Å². The molecule has 0 aliphatic carbocycles. The van der Waals surface area contributed by atoms with Gasteiger partial charge in [-0.15, -0.1) is 0 Å². The van der Waals surface area contributed by atoms with Gasteiger partial charge in [0, 0.05) is 52.8 Å². The van der Waals surface area contributed by atoms with Crippen LogP contribution >= 0.6 is 0 Å². The van der Waals surface area contributed by atoms with E-state index in [4.69, 9.17) is 4.74 Å². The largest absolute Gasteiger partial charge is 0.379 e. The van der Waals surface area contributed by atoms with Crippen LogP contribution in [0.1, 0.15) is 30.6 Å². The second kappa shape index (κ2) is 10.3. The van der Waals surface area contributed by atoms with Gasteiger partial charge in [0.05, 0.1) is 30.7 Å². The fourth-order valence-corrected chi connectivity index (χ4v) is 4.27. The van der Waals surface area contributed by atoms with E-state index in [2.05, 4.69) is 10.0 Å². The van der Waals surface area contributed by atoms with Crippen molar-refractivity contribution in [3.05, 3.63) is 59.7 Å². The van der Waals surface area contributed by atoms with E-state index in [1.165, 1.54) is 24.1 Å². The first-order valence-electron chi connectivity index (χ1n) is 11.2. The molecule has 2 aliphatic heterocycles. The summed E-state index contributed by atoms with van der Waals surface area (Å²) in [5.41, 5.74) is 2.52. The number of hydrogen-bond acceptors (Lipinski definition) is 5. The van der Waals surface area contributed by atoms with Crippen LogP contribution in [0.2, 0.25) is 0 Å². The van der Waals surface area contributed by atoms with E-state index in [0.717, 1.165) is 30.1 Å². The molecule has 8 nitrogen and oxygen atoms in total. The molecular weight excluding hydrogens is 425 g/mol. The second-order valence-electron chi connectivity index (χ2n) is 8.46. The van der Waals surface area contributed by atoms with Gasteiger partial charge in [-0.05, 0) is 29.8 Å². The Morgan fingerprint density at radius 2 is 1.91 bits per heavy atom. The maximum Gasteiger partial charge on any atom is 0.262 e. The molecule has 1 aromatic heterocycles. The Morgan fingerprint density at radius 1 is 1.18 bits per heavy atom. The van der Waals surface area contributed by atoms with Gasteiger partial charge in [-0.1, -0.05) is 12.1 Å². The molecule has 3 heterocycles. The lowest BCUT2D eigenvalue weighted by atomic mass is 10.0. The van der Waals surface area contributed by atoms with Crippen molar-refractivity contribution in [3.8, 4) is 0 Å². The highest BCUT2D eigenvalue weighted by Gasteiger charge is 2.34. The number of nitrogens with zero attached hydrogens (tertiary/aromatic N) is 5. The number of amides is 2. The minimum absolute atomic E-state index is 0.0543. The Balaban J connectivity index is 1.51. The fraction of sp³-hybridized carbons (Fsp3) is 0.458. The number of hydrazone groups is 1. The van der Waals surface area contributed by atoms with Crippen molar-refractivity contribution in [2.75, 3.05) is 45.9 Å². The van der Waals surface area contributed by atoms with Crippen LogP contribution in [-0.4, -0.2) is 82.8 Å². The average Bonchev–Trinajstić information content (AvgIpc) is 3.44. The molecule has 0 N–H and O–H groups in total. The fourth-order valence-electron chi connectivity index (χ4n) is 4.27. The summed E-state index contributed by atoms with van der Waals surface area (Å²) in [5, 5.41) is 6.11. The molecule has 33 heavy (non-hydrogen) atoms. The van der Waals surface area contributed by atoms with Crippen LogP contribution < -0.4 is 0 Å². The first kappa shape index (κ1) is 23.1. The zero-order chi connectivity index (χ0) is 23.4. The highest BCUT2D eigenvalue weighted by Crippen LogP contribution is 2.33. The Labute approximate surface area is 193 Å². The zero-order valence-corrected chi connectivity index (χ0v) is 19.1. The molecule has 2 aromatic rings. The highest BCUT2D eigenvalue weighted by atomic mass is 19.1. The van der Waals surface area contributed by atoms with Crippen molar-refractivity contribution < 1.29 is 18.7 Å². The smallest absolute Gasteiger partial charge is 0.262 e. The van der Waals surface area contributed by atoms with Crippen molar-refractivity contribution in [3.63, 3.8) is 0 Å². The van der Waals surface area contributed by atoms with E-state index in [0.29, 0.717) is 32.7 Å². The number of morpholine rings is 1. The first-order chi connectivity index (χ1) is 15.9. The van der Waals surface area contributed by atoms with Crippen molar-refractivity contribution in [1.29, 1.82) is 0 Å². The first-order valence-corrected chi connectivity index (χ1v) is 11.2. The van der Waals surface area contributed by atoms with Gasteiger partial charge < -0.3 is 14.2 Å². The van der Waals surface area contributed by atoms with Crippen molar-refractivity contribution >= 4 is 17.5 Å². The second-order valence-corrected chi connectivity index (χ2v) is 8.46. The van der Waals surface area contributed by atoms with E-state index in [-0.39, 0.29) is 30.2 Å². The van der Waals surface area contributed by atoms with E-state index in [1.807, 2.05) is 29.9 Å². The number of halogens is 1. The lowest BCUT2D eigenvalue weighted by molar-refractivity contribution is -0.140. The molecular formula is C24H30FN5O3. The third-order valence-electron chi connectivity index (χ3n) is 6.22. The maximum absolute atomic E-state index is 13.5. The predicted molar refractivity (Wildman–Crippen MR) is 122 cm³/mol. The Hall–Kier alpha value is -3.04. The molecule has 1 aromatic carbocycles. The number of rotatable bonds is 7.